The van der Waals surface area contributed by atoms with E-state index in [2.05, 4.69) is 0 Å². The number of rotatable bonds is 7. The Bertz CT molecular complexity index is 349. The first-order valence-corrected chi connectivity index (χ1v) is 7.58. The van der Waals surface area contributed by atoms with Gasteiger partial charge < -0.3 is 13.5 Å². The van der Waals surface area contributed by atoms with Crippen molar-refractivity contribution in [1.29, 1.82) is 0 Å². The van der Waals surface area contributed by atoms with Crippen LogP contribution in [0.2, 0.25) is 0 Å². The summed E-state index contributed by atoms with van der Waals surface area (Å²) in [6, 6.07) is 3.60. The van der Waals surface area contributed by atoms with Gasteiger partial charge in [0.05, 0.1) is 19.5 Å². The zero-order chi connectivity index (χ0) is 12.9. The maximum Gasteiger partial charge on any atom is 0.341 e. The van der Waals surface area contributed by atoms with Crippen molar-refractivity contribution in [2.45, 2.75) is 33.4 Å². The molecule has 0 saturated carbocycles. The molecule has 1 unspecified atom stereocenters. The van der Waals surface area contributed by atoms with Gasteiger partial charge in [-0.2, -0.15) is 0 Å². The molecule has 17 heavy (non-hydrogen) atoms. The van der Waals surface area contributed by atoms with Gasteiger partial charge in [-0.25, -0.2) is 0 Å². The first kappa shape index (κ1) is 14.5. The van der Waals surface area contributed by atoms with Gasteiger partial charge in [-0.1, -0.05) is 13.8 Å². The molecule has 0 N–H and O–H groups in total. The van der Waals surface area contributed by atoms with E-state index < -0.39 is 7.60 Å². The summed E-state index contributed by atoms with van der Waals surface area (Å²) < 4.78 is 28.9. The van der Waals surface area contributed by atoms with E-state index >= 15 is 0 Å². The third-order valence-electron chi connectivity index (χ3n) is 2.42. The molecule has 1 aromatic rings. The average molecular weight is 260 g/mol. The summed E-state index contributed by atoms with van der Waals surface area (Å²) in [6.07, 6.45) is 1.58. The fraction of sp³-hybridized carbons (Fsp3) is 0.667. The van der Waals surface area contributed by atoms with Crippen molar-refractivity contribution in [1.82, 2.24) is 0 Å². The van der Waals surface area contributed by atoms with Gasteiger partial charge in [-0.3, -0.25) is 4.57 Å². The molecule has 0 amide bonds. The molecule has 0 radical (unpaired) electrons. The van der Waals surface area contributed by atoms with E-state index in [4.69, 9.17) is 13.5 Å². The van der Waals surface area contributed by atoms with Crippen LogP contribution in [0.25, 0.3) is 0 Å². The molecule has 0 aliphatic carbocycles. The Balaban J connectivity index is 3.06. The Labute approximate surface area is 103 Å². The molecule has 0 aliphatic heterocycles. The molecular weight excluding hydrogens is 239 g/mol. The van der Waals surface area contributed by atoms with Crippen molar-refractivity contribution in [2.75, 3.05) is 13.2 Å². The van der Waals surface area contributed by atoms with Gasteiger partial charge in [0.2, 0.25) is 0 Å². The molecular formula is C12H21O4P. The molecule has 1 aromatic heterocycles. The van der Waals surface area contributed by atoms with Crippen molar-refractivity contribution in [3.05, 3.63) is 24.2 Å². The van der Waals surface area contributed by atoms with E-state index in [1.54, 1.807) is 12.3 Å². The van der Waals surface area contributed by atoms with E-state index in [0.717, 1.165) is 0 Å². The molecule has 0 aromatic carbocycles. The van der Waals surface area contributed by atoms with Gasteiger partial charge in [0, 0.05) is 0 Å². The van der Waals surface area contributed by atoms with Crippen LogP contribution in [0, 0.1) is 5.92 Å². The summed E-state index contributed by atoms with van der Waals surface area (Å²) in [6.45, 7) is 8.31. The average Bonchev–Trinajstić information content (AvgIpc) is 2.70. The highest BCUT2D eigenvalue weighted by Crippen LogP contribution is 2.63. The van der Waals surface area contributed by atoms with Crippen LogP contribution in [0.1, 0.15) is 39.1 Å². The predicted octanol–water partition coefficient (Wildman–Crippen LogP) is 4.24. The largest absolute Gasteiger partial charge is 0.468 e. The first-order valence-electron chi connectivity index (χ1n) is 5.97. The Hall–Kier alpha value is -0.570. The lowest BCUT2D eigenvalue weighted by Crippen LogP contribution is -2.11. The Morgan fingerprint density at radius 1 is 1.29 bits per heavy atom. The minimum absolute atomic E-state index is 0.116. The predicted molar refractivity (Wildman–Crippen MR) is 67.1 cm³/mol. The summed E-state index contributed by atoms with van der Waals surface area (Å²) in [5.41, 5.74) is -0.350. The van der Waals surface area contributed by atoms with Crippen LogP contribution in [0.3, 0.4) is 0 Å². The lowest BCUT2D eigenvalue weighted by Gasteiger charge is -2.27. The van der Waals surface area contributed by atoms with Gasteiger partial charge in [-0.05, 0) is 31.9 Å². The summed E-state index contributed by atoms with van der Waals surface area (Å²) >= 11 is 0. The van der Waals surface area contributed by atoms with E-state index in [1.165, 1.54) is 0 Å². The zero-order valence-electron chi connectivity index (χ0n) is 10.9. The van der Waals surface area contributed by atoms with Crippen molar-refractivity contribution in [2.24, 2.45) is 5.92 Å². The SMILES string of the molecule is CCOP(=O)(OCC)C(c1ccco1)C(C)C. The fourth-order valence-electron chi connectivity index (χ4n) is 1.87. The summed E-state index contributed by atoms with van der Waals surface area (Å²) in [5, 5.41) is 0. The van der Waals surface area contributed by atoms with Gasteiger partial charge in [0.1, 0.15) is 11.4 Å². The standard InChI is InChI=1S/C12H21O4P/c1-5-15-17(13,16-6-2)12(10(3)4)11-8-7-9-14-11/h7-10,12H,5-6H2,1-4H3. The Kier molecular flexibility index (Phi) is 5.44. The first-order chi connectivity index (χ1) is 8.05. The Morgan fingerprint density at radius 3 is 2.24 bits per heavy atom. The third-order valence-corrected chi connectivity index (χ3v) is 5.19. The maximum absolute atomic E-state index is 12.7. The fourth-order valence-corrected chi connectivity index (χ4v) is 4.17. The molecule has 1 atom stereocenters. The second kappa shape index (κ2) is 6.39. The molecule has 1 heterocycles. The molecule has 5 heteroatoms. The van der Waals surface area contributed by atoms with Gasteiger partial charge in [-0.15, -0.1) is 0 Å². The van der Waals surface area contributed by atoms with Crippen LogP contribution in [-0.4, -0.2) is 13.2 Å². The topological polar surface area (TPSA) is 48.7 Å². The summed E-state index contributed by atoms with van der Waals surface area (Å²) in [7, 11) is -3.17. The van der Waals surface area contributed by atoms with E-state index in [0.29, 0.717) is 19.0 Å². The van der Waals surface area contributed by atoms with Crippen molar-refractivity contribution in [3.63, 3.8) is 0 Å². The quantitative estimate of drug-likeness (QED) is 0.688. The van der Waals surface area contributed by atoms with Crippen LogP contribution in [-0.2, 0) is 13.6 Å². The molecule has 1 rings (SSSR count). The normalized spacial score (nSPS) is 14.2. The van der Waals surface area contributed by atoms with Gasteiger partial charge >= 0.3 is 7.60 Å². The molecule has 0 aliphatic rings. The van der Waals surface area contributed by atoms with Gasteiger partial charge in [0.25, 0.3) is 0 Å². The van der Waals surface area contributed by atoms with Crippen LogP contribution >= 0.6 is 7.60 Å². The number of hydrogen-bond acceptors (Lipinski definition) is 4. The maximum atomic E-state index is 12.7. The summed E-state index contributed by atoms with van der Waals surface area (Å²) in [5.74, 6) is 0.773. The smallest absolute Gasteiger partial charge is 0.341 e. The lowest BCUT2D eigenvalue weighted by atomic mass is 10.1. The molecule has 0 fully saturated rings. The van der Waals surface area contributed by atoms with Crippen LogP contribution in [0.4, 0.5) is 0 Å². The highest BCUT2D eigenvalue weighted by atomic mass is 31.2. The van der Waals surface area contributed by atoms with E-state index in [-0.39, 0.29) is 11.6 Å². The van der Waals surface area contributed by atoms with Crippen LogP contribution in [0.5, 0.6) is 0 Å². The van der Waals surface area contributed by atoms with E-state index in [9.17, 15) is 4.57 Å². The number of furan rings is 1. The minimum atomic E-state index is -3.17. The van der Waals surface area contributed by atoms with Gasteiger partial charge in [0.15, 0.2) is 0 Å². The molecule has 0 spiro atoms. The Morgan fingerprint density at radius 2 is 1.88 bits per heavy atom. The third kappa shape index (κ3) is 3.44. The highest BCUT2D eigenvalue weighted by molar-refractivity contribution is 7.54. The van der Waals surface area contributed by atoms with Crippen LogP contribution < -0.4 is 0 Å². The monoisotopic (exact) mass is 260 g/mol. The second-order valence-corrected chi connectivity index (χ2v) is 6.23. The highest BCUT2D eigenvalue weighted by Gasteiger charge is 2.40. The second-order valence-electron chi connectivity index (χ2n) is 4.08. The van der Waals surface area contributed by atoms with Crippen molar-refractivity contribution >= 4 is 7.60 Å². The van der Waals surface area contributed by atoms with Crippen LogP contribution in [0.15, 0.2) is 22.8 Å². The molecule has 98 valence electrons. The molecule has 0 saturated heterocycles. The van der Waals surface area contributed by atoms with Crippen molar-refractivity contribution in [3.8, 4) is 0 Å². The molecule has 4 nitrogen and oxygen atoms in total. The lowest BCUT2D eigenvalue weighted by molar-refractivity contribution is 0.202. The summed E-state index contributed by atoms with van der Waals surface area (Å²) in [4.78, 5) is 0. The molecule has 0 bridgehead atoms. The van der Waals surface area contributed by atoms with E-state index in [1.807, 2.05) is 33.8 Å². The van der Waals surface area contributed by atoms with Crippen molar-refractivity contribution < 1.29 is 18.0 Å². The number of hydrogen-bond donors (Lipinski definition) is 0. The zero-order valence-corrected chi connectivity index (χ0v) is 11.8. The minimum Gasteiger partial charge on any atom is -0.468 e.